The number of hydrogen-bond acceptors (Lipinski definition) is 0. The molecule has 0 saturated heterocycles. The predicted molar refractivity (Wildman–Crippen MR) is 30.4 cm³/mol. The van der Waals surface area contributed by atoms with Crippen LogP contribution < -0.4 is 0 Å². The van der Waals surface area contributed by atoms with E-state index in [9.17, 15) is 13.2 Å². The van der Waals surface area contributed by atoms with Gasteiger partial charge in [-0.2, -0.15) is 13.2 Å². The minimum atomic E-state index is -3.96. The fourth-order valence-electron chi connectivity index (χ4n) is 1.65. The molecule has 0 bridgehead atoms. The van der Waals surface area contributed by atoms with Gasteiger partial charge in [0, 0.05) is 0 Å². The van der Waals surface area contributed by atoms with Gasteiger partial charge in [-0.3, -0.25) is 0 Å². The summed E-state index contributed by atoms with van der Waals surface area (Å²) in [6.07, 6.45) is -2.06. The van der Waals surface area contributed by atoms with Gasteiger partial charge in [-0.25, -0.2) is 0 Å². The molecule has 0 aromatic rings. The van der Waals surface area contributed by atoms with Crippen LogP contribution in [-0.4, -0.2) is 6.18 Å². The van der Waals surface area contributed by atoms with Crippen LogP contribution >= 0.6 is 0 Å². The van der Waals surface area contributed by atoms with Gasteiger partial charge in [0.25, 0.3) is 0 Å². The minimum Gasteiger partial charge on any atom is -0.170 e. The molecule has 0 aliphatic heterocycles. The van der Waals surface area contributed by atoms with E-state index in [-0.39, 0.29) is 0 Å². The van der Waals surface area contributed by atoms with Gasteiger partial charge in [0.15, 0.2) is 0 Å². The first-order valence-electron chi connectivity index (χ1n) is 3.36. The number of rotatable bonds is 0. The van der Waals surface area contributed by atoms with Gasteiger partial charge in [-0.1, -0.05) is 11.1 Å². The second-order valence-electron chi connectivity index (χ2n) is 2.93. The lowest BCUT2D eigenvalue weighted by atomic mass is 9.65. The second kappa shape index (κ2) is 1.57. The van der Waals surface area contributed by atoms with Crippen molar-refractivity contribution in [1.29, 1.82) is 0 Å². The van der Waals surface area contributed by atoms with E-state index in [4.69, 9.17) is 0 Å². The van der Waals surface area contributed by atoms with Gasteiger partial charge < -0.3 is 0 Å². The Balaban J connectivity index is 2.13. The van der Waals surface area contributed by atoms with E-state index in [0.29, 0.717) is 18.4 Å². The van der Waals surface area contributed by atoms with E-state index in [1.54, 1.807) is 0 Å². The summed E-state index contributed by atoms with van der Waals surface area (Å²) in [5.41, 5.74) is 1.76. The van der Waals surface area contributed by atoms with Gasteiger partial charge in [0.05, 0.1) is 5.92 Å². The Labute approximate surface area is 56.7 Å². The predicted octanol–water partition coefficient (Wildman–Crippen LogP) is 2.66. The van der Waals surface area contributed by atoms with E-state index in [1.165, 1.54) is 0 Å². The van der Waals surface area contributed by atoms with Crippen LogP contribution in [0.15, 0.2) is 11.1 Å². The van der Waals surface area contributed by atoms with Crippen LogP contribution in [0.2, 0.25) is 0 Å². The molecule has 2 rings (SSSR count). The Kier molecular flexibility index (Phi) is 0.984. The molecule has 0 saturated carbocycles. The standard InChI is InChI=1S/C7H7F3/c8-7(9,10)6-3-4-1-2-5(4)6/h6H,1-3H2. The largest absolute Gasteiger partial charge is 0.395 e. The molecule has 0 aromatic carbocycles. The molecular formula is C7H7F3. The van der Waals surface area contributed by atoms with Crippen molar-refractivity contribution in [3.8, 4) is 0 Å². The molecule has 0 N–H and O–H groups in total. The fraction of sp³-hybridized carbons (Fsp3) is 0.714. The van der Waals surface area contributed by atoms with Gasteiger partial charge in [-0.15, -0.1) is 0 Å². The monoisotopic (exact) mass is 148 g/mol. The highest BCUT2D eigenvalue weighted by Crippen LogP contribution is 2.54. The van der Waals surface area contributed by atoms with Gasteiger partial charge >= 0.3 is 6.18 Å². The van der Waals surface area contributed by atoms with Crippen LogP contribution in [0.5, 0.6) is 0 Å². The lowest BCUT2D eigenvalue weighted by molar-refractivity contribution is -0.172. The average Bonchev–Trinajstić information content (AvgIpc) is 1.74. The lowest BCUT2D eigenvalue weighted by Gasteiger charge is -2.42. The third kappa shape index (κ3) is 0.633. The second-order valence-corrected chi connectivity index (χ2v) is 2.93. The molecule has 10 heavy (non-hydrogen) atoms. The highest BCUT2D eigenvalue weighted by atomic mass is 19.4. The molecule has 3 heteroatoms. The van der Waals surface area contributed by atoms with E-state index in [2.05, 4.69) is 0 Å². The quantitative estimate of drug-likeness (QED) is 0.463. The van der Waals surface area contributed by atoms with Gasteiger partial charge in [0.2, 0.25) is 0 Å². The summed E-state index contributed by atoms with van der Waals surface area (Å²) < 4.78 is 35.8. The van der Waals surface area contributed by atoms with Crippen LogP contribution in [0.4, 0.5) is 13.2 Å². The molecule has 0 fully saturated rings. The minimum absolute atomic E-state index is 0.291. The summed E-state index contributed by atoms with van der Waals surface area (Å²) in [5, 5.41) is 0. The van der Waals surface area contributed by atoms with Crippen LogP contribution in [-0.2, 0) is 0 Å². The first-order chi connectivity index (χ1) is 4.59. The van der Waals surface area contributed by atoms with Crippen LogP contribution in [0.1, 0.15) is 19.3 Å². The van der Waals surface area contributed by atoms with Crippen molar-refractivity contribution in [3.05, 3.63) is 11.1 Å². The molecule has 0 radical (unpaired) electrons. The van der Waals surface area contributed by atoms with Crippen molar-refractivity contribution in [2.24, 2.45) is 5.92 Å². The topological polar surface area (TPSA) is 0 Å². The first kappa shape index (κ1) is 6.25. The Morgan fingerprint density at radius 2 is 1.90 bits per heavy atom. The molecule has 0 spiro atoms. The molecule has 0 aromatic heterocycles. The molecule has 2 aliphatic carbocycles. The Bertz CT molecular complexity index is 199. The fourth-order valence-corrected chi connectivity index (χ4v) is 1.65. The molecule has 1 unspecified atom stereocenters. The Morgan fingerprint density at radius 3 is 2.00 bits per heavy atom. The van der Waals surface area contributed by atoms with Crippen molar-refractivity contribution >= 4 is 0 Å². The number of halogens is 3. The molecule has 56 valence electrons. The molecular weight excluding hydrogens is 141 g/mol. The summed E-state index contributed by atoms with van der Waals surface area (Å²) in [6.45, 7) is 0. The van der Waals surface area contributed by atoms with Gasteiger partial charge in [-0.05, 0) is 19.3 Å². The normalized spacial score (nSPS) is 30.9. The summed E-state index contributed by atoms with van der Waals surface area (Å²) in [5.74, 6) is -1.06. The Hall–Kier alpha value is -0.470. The summed E-state index contributed by atoms with van der Waals surface area (Å²) in [7, 11) is 0. The van der Waals surface area contributed by atoms with Crippen LogP contribution in [0.3, 0.4) is 0 Å². The average molecular weight is 148 g/mol. The zero-order chi connectivity index (χ0) is 7.35. The lowest BCUT2D eigenvalue weighted by Crippen LogP contribution is -2.36. The molecule has 1 atom stereocenters. The molecule has 2 aliphatic rings. The third-order valence-electron chi connectivity index (χ3n) is 2.42. The van der Waals surface area contributed by atoms with E-state index >= 15 is 0 Å². The van der Waals surface area contributed by atoms with Crippen LogP contribution in [0, 0.1) is 5.92 Å². The van der Waals surface area contributed by atoms with Crippen molar-refractivity contribution < 1.29 is 13.2 Å². The number of allylic oxidation sites excluding steroid dienone is 2. The maximum absolute atomic E-state index is 11.9. The third-order valence-corrected chi connectivity index (χ3v) is 2.42. The molecule has 0 heterocycles. The van der Waals surface area contributed by atoms with Crippen molar-refractivity contribution in [3.63, 3.8) is 0 Å². The van der Waals surface area contributed by atoms with Crippen molar-refractivity contribution in [2.45, 2.75) is 25.4 Å². The highest BCUT2D eigenvalue weighted by Gasteiger charge is 2.50. The molecule has 0 amide bonds. The van der Waals surface area contributed by atoms with E-state index in [1.807, 2.05) is 0 Å². The SMILES string of the molecule is FC(F)(F)C1CC2=C1CC2. The highest BCUT2D eigenvalue weighted by molar-refractivity contribution is 5.37. The zero-order valence-corrected chi connectivity index (χ0v) is 5.33. The number of hydrogen-bond donors (Lipinski definition) is 0. The maximum atomic E-state index is 11.9. The van der Waals surface area contributed by atoms with Crippen molar-refractivity contribution in [1.82, 2.24) is 0 Å². The Morgan fingerprint density at radius 1 is 1.20 bits per heavy atom. The van der Waals surface area contributed by atoms with E-state index < -0.39 is 12.1 Å². The zero-order valence-electron chi connectivity index (χ0n) is 5.33. The maximum Gasteiger partial charge on any atom is 0.395 e. The number of alkyl halides is 3. The van der Waals surface area contributed by atoms with Crippen LogP contribution in [0.25, 0.3) is 0 Å². The summed E-state index contributed by atoms with van der Waals surface area (Å²) in [6, 6.07) is 0. The first-order valence-corrected chi connectivity index (χ1v) is 3.36. The smallest absolute Gasteiger partial charge is 0.170 e. The summed E-state index contributed by atoms with van der Waals surface area (Å²) in [4.78, 5) is 0. The summed E-state index contributed by atoms with van der Waals surface area (Å²) >= 11 is 0. The van der Waals surface area contributed by atoms with E-state index in [0.717, 1.165) is 12.0 Å². The van der Waals surface area contributed by atoms with Gasteiger partial charge in [0.1, 0.15) is 0 Å². The van der Waals surface area contributed by atoms with Crippen molar-refractivity contribution in [2.75, 3.05) is 0 Å². The molecule has 0 nitrogen and oxygen atoms in total.